The summed E-state index contributed by atoms with van der Waals surface area (Å²) in [6, 6.07) is 9.14. The van der Waals surface area contributed by atoms with Gasteiger partial charge in [-0.3, -0.25) is 0 Å². The van der Waals surface area contributed by atoms with Crippen molar-refractivity contribution in [3.8, 4) is 0 Å². The van der Waals surface area contributed by atoms with Gasteiger partial charge in [0.2, 0.25) is 0 Å². The number of benzene rings is 1. The zero-order chi connectivity index (χ0) is 15.0. The second-order valence-corrected chi connectivity index (χ2v) is 6.62. The summed E-state index contributed by atoms with van der Waals surface area (Å²) in [5.74, 6) is 0.701. The van der Waals surface area contributed by atoms with Crippen molar-refractivity contribution in [1.29, 1.82) is 0 Å². The molecule has 1 atom stereocenters. The largest absolute Gasteiger partial charge is 0.383 e. The van der Waals surface area contributed by atoms with Crippen molar-refractivity contribution in [2.75, 3.05) is 26.8 Å². The van der Waals surface area contributed by atoms with Gasteiger partial charge in [-0.2, -0.15) is 0 Å². The molecule has 0 bridgehead atoms. The standard InChI is InChI=1S/C18H31NO/c1-6-15(14-19-11-12-20-5)13-16-7-9-17(10-8-16)18(2,3)4/h7-10,15,19H,6,11-14H2,1-5H3. The topological polar surface area (TPSA) is 21.3 Å². The van der Waals surface area contributed by atoms with E-state index >= 15 is 0 Å². The summed E-state index contributed by atoms with van der Waals surface area (Å²) in [5.41, 5.74) is 3.09. The summed E-state index contributed by atoms with van der Waals surface area (Å²) in [7, 11) is 1.75. The lowest BCUT2D eigenvalue weighted by Gasteiger charge is -2.20. The van der Waals surface area contributed by atoms with Crippen LogP contribution in [-0.4, -0.2) is 26.8 Å². The summed E-state index contributed by atoms with van der Waals surface area (Å²) in [5, 5.41) is 3.47. The number of hydrogen-bond acceptors (Lipinski definition) is 2. The van der Waals surface area contributed by atoms with Crippen LogP contribution in [0.4, 0.5) is 0 Å². The number of rotatable bonds is 8. The van der Waals surface area contributed by atoms with Crippen LogP contribution in [-0.2, 0) is 16.6 Å². The smallest absolute Gasteiger partial charge is 0.0587 e. The second kappa shape index (κ2) is 8.43. The molecule has 1 rings (SSSR count). The van der Waals surface area contributed by atoms with E-state index in [1.165, 1.54) is 17.5 Å². The Kier molecular flexibility index (Phi) is 7.25. The molecule has 0 saturated carbocycles. The maximum atomic E-state index is 5.06. The molecule has 20 heavy (non-hydrogen) atoms. The van der Waals surface area contributed by atoms with Crippen LogP contribution in [0, 0.1) is 5.92 Å². The first-order valence-electron chi connectivity index (χ1n) is 7.76. The summed E-state index contributed by atoms with van der Waals surface area (Å²) in [6.07, 6.45) is 2.36. The van der Waals surface area contributed by atoms with Crippen LogP contribution >= 0.6 is 0 Å². The van der Waals surface area contributed by atoms with Gasteiger partial charge in [-0.05, 0) is 35.4 Å². The predicted molar refractivity (Wildman–Crippen MR) is 87.4 cm³/mol. The molecule has 1 aromatic carbocycles. The molecule has 2 heteroatoms. The second-order valence-electron chi connectivity index (χ2n) is 6.62. The maximum Gasteiger partial charge on any atom is 0.0587 e. The summed E-state index contributed by atoms with van der Waals surface area (Å²) < 4.78 is 5.06. The Bertz CT molecular complexity index is 364. The van der Waals surface area contributed by atoms with Crippen LogP contribution < -0.4 is 5.32 Å². The van der Waals surface area contributed by atoms with Gasteiger partial charge in [0.25, 0.3) is 0 Å². The van der Waals surface area contributed by atoms with Crippen LogP contribution in [0.3, 0.4) is 0 Å². The van der Waals surface area contributed by atoms with Gasteiger partial charge in [0, 0.05) is 13.7 Å². The molecule has 0 aromatic heterocycles. The molecule has 2 nitrogen and oxygen atoms in total. The minimum Gasteiger partial charge on any atom is -0.383 e. The quantitative estimate of drug-likeness (QED) is 0.730. The van der Waals surface area contributed by atoms with E-state index in [4.69, 9.17) is 4.74 Å². The predicted octanol–water partition coefficient (Wildman–Crippen LogP) is 3.79. The monoisotopic (exact) mass is 277 g/mol. The summed E-state index contributed by atoms with van der Waals surface area (Å²) in [6.45, 7) is 11.9. The fourth-order valence-electron chi connectivity index (χ4n) is 2.32. The lowest BCUT2D eigenvalue weighted by atomic mass is 9.86. The lowest BCUT2D eigenvalue weighted by molar-refractivity contribution is 0.197. The van der Waals surface area contributed by atoms with Crippen LogP contribution in [0.2, 0.25) is 0 Å². The zero-order valence-corrected chi connectivity index (χ0v) is 13.8. The van der Waals surface area contributed by atoms with E-state index in [1.54, 1.807) is 7.11 Å². The van der Waals surface area contributed by atoms with E-state index in [0.29, 0.717) is 5.92 Å². The SMILES string of the molecule is CCC(CNCCOC)Cc1ccc(C(C)(C)C)cc1. The normalized spacial score (nSPS) is 13.4. The minimum atomic E-state index is 0.240. The molecule has 0 saturated heterocycles. The van der Waals surface area contributed by atoms with Gasteiger partial charge < -0.3 is 10.1 Å². The third kappa shape index (κ3) is 6.06. The average Bonchev–Trinajstić information content (AvgIpc) is 2.42. The first-order chi connectivity index (χ1) is 9.47. The van der Waals surface area contributed by atoms with Crippen molar-refractivity contribution < 1.29 is 4.74 Å². The van der Waals surface area contributed by atoms with Gasteiger partial charge in [0.15, 0.2) is 0 Å². The fourth-order valence-corrected chi connectivity index (χ4v) is 2.32. The minimum absolute atomic E-state index is 0.240. The molecule has 0 amide bonds. The van der Waals surface area contributed by atoms with Gasteiger partial charge in [-0.25, -0.2) is 0 Å². The molecule has 0 aliphatic heterocycles. The van der Waals surface area contributed by atoms with Crippen LogP contribution in [0.1, 0.15) is 45.2 Å². The van der Waals surface area contributed by atoms with Crippen molar-refractivity contribution in [2.24, 2.45) is 5.92 Å². The van der Waals surface area contributed by atoms with E-state index in [-0.39, 0.29) is 5.41 Å². The van der Waals surface area contributed by atoms with E-state index in [2.05, 4.69) is 57.3 Å². The van der Waals surface area contributed by atoms with Gasteiger partial charge in [0.05, 0.1) is 6.61 Å². The third-order valence-electron chi connectivity index (χ3n) is 3.84. The van der Waals surface area contributed by atoms with Crippen molar-refractivity contribution in [1.82, 2.24) is 5.32 Å². The Labute approximate surface area is 124 Å². The zero-order valence-electron chi connectivity index (χ0n) is 13.8. The van der Waals surface area contributed by atoms with Crippen LogP contribution in [0.25, 0.3) is 0 Å². The summed E-state index contributed by atoms with van der Waals surface area (Å²) in [4.78, 5) is 0. The lowest BCUT2D eigenvalue weighted by Crippen LogP contribution is -2.27. The Morgan fingerprint density at radius 1 is 1.15 bits per heavy atom. The Morgan fingerprint density at radius 2 is 1.80 bits per heavy atom. The molecule has 0 aliphatic carbocycles. The maximum absolute atomic E-state index is 5.06. The molecule has 1 N–H and O–H groups in total. The Morgan fingerprint density at radius 3 is 2.30 bits per heavy atom. The van der Waals surface area contributed by atoms with Gasteiger partial charge in [0.1, 0.15) is 0 Å². The molecule has 0 fully saturated rings. The first-order valence-corrected chi connectivity index (χ1v) is 7.76. The molecule has 0 aliphatic rings. The Balaban J connectivity index is 2.49. The van der Waals surface area contributed by atoms with Gasteiger partial charge in [-0.1, -0.05) is 58.4 Å². The van der Waals surface area contributed by atoms with Crippen molar-refractivity contribution >= 4 is 0 Å². The highest BCUT2D eigenvalue weighted by atomic mass is 16.5. The van der Waals surface area contributed by atoms with Crippen molar-refractivity contribution in [3.63, 3.8) is 0 Å². The number of ether oxygens (including phenoxy) is 1. The molecule has 1 unspecified atom stereocenters. The Hall–Kier alpha value is -0.860. The van der Waals surface area contributed by atoms with Crippen molar-refractivity contribution in [3.05, 3.63) is 35.4 Å². The van der Waals surface area contributed by atoms with Crippen LogP contribution in [0.15, 0.2) is 24.3 Å². The molecule has 0 radical (unpaired) electrons. The van der Waals surface area contributed by atoms with Crippen LogP contribution in [0.5, 0.6) is 0 Å². The summed E-state index contributed by atoms with van der Waals surface area (Å²) >= 11 is 0. The average molecular weight is 277 g/mol. The highest BCUT2D eigenvalue weighted by molar-refractivity contribution is 5.27. The van der Waals surface area contributed by atoms with E-state index in [1.807, 2.05) is 0 Å². The molecule has 0 spiro atoms. The molecule has 1 aromatic rings. The number of nitrogens with one attached hydrogen (secondary N) is 1. The van der Waals surface area contributed by atoms with E-state index < -0.39 is 0 Å². The molecule has 114 valence electrons. The highest BCUT2D eigenvalue weighted by Crippen LogP contribution is 2.23. The highest BCUT2D eigenvalue weighted by Gasteiger charge is 2.13. The third-order valence-corrected chi connectivity index (χ3v) is 3.84. The van der Waals surface area contributed by atoms with Gasteiger partial charge in [-0.15, -0.1) is 0 Å². The van der Waals surface area contributed by atoms with Gasteiger partial charge >= 0.3 is 0 Å². The van der Waals surface area contributed by atoms with E-state index in [0.717, 1.165) is 26.1 Å². The number of hydrogen-bond donors (Lipinski definition) is 1. The molecule has 0 heterocycles. The molecular weight excluding hydrogens is 246 g/mol. The number of methoxy groups -OCH3 is 1. The van der Waals surface area contributed by atoms with Crippen molar-refractivity contribution in [2.45, 2.75) is 46.0 Å². The molecular formula is C18H31NO. The first kappa shape index (κ1) is 17.2. The van der Waals surface area contributed by atoms with E-state index in [9.17, 15) is 0 Å². The fraction of sp³-hybridized carbons (Fsp3) is 0.667.